The third-order valence-corrected chi connectivity index (χ3v) is 7.68. The van der Waals surface area contributed by atoms with Crippen molar-refractivity contribution in [1.82, 2.24) is 5.32 Å². The number of anilines is 1. The molecule has 9 heteroatoms. The first-order valence-electron chi connectivity index (χ1n) is 11.7. The predicted molar refractivity (Wildman–Crippen MR) is 120 cm³/mol. The molecule has 0 spiro atoms. The van der Waals surface area contributed by atoms with Crippen LogP contribution in [-0.4, -0.2) is 28.1 Å². The van der Waals surface area contributed by atoms with Crippen LogP contribution in [0.25, 0.3) is 0 Å². The lowest BCUT2D eigenvalue weighted by atomic mass is 9.51. The van der Waals surface area contributed by atoms with E-state index in [1.165, 1.54) is 19.1 Å². The number of carbonyl (C=O) groups excluding carboxylic acids is 2. The number of aryl methyl sites for hydroxylation is 1. The molecule has 4 saturated carbocycles. The maximum atomic E-state index is 15.3. The van der Waals surface area contributed by atoms with E-state index in [1.807, 2.05) is 0 Å². The molecule has 2 aromatic rings. The van der Waals surface area contributed by atoms with E-state index < -0.39 is 46.1 Å². The molecule has 5 nitrogen and oxygen atoms in total. The number of hydrogen-bond donors (Lipinski definition) is 3. The Labute approximate surface area is 199 Å². The van der Waals surface area contributed by atoms with Crippen LogP contribution in [0.3, 0.4) is 0 Å². The molecule has 186 valence electrons. The molecular weight excluding hydrogens is 464 g/mol. The van der Waals surface area contributed by atoms with Crippen LogP contribution < -0.4 is 10.6 Å². The van der Waals surface area contributed by atoms with Gasteiger partial charge >= 0.3 is 5.92 Å². The molecule has 4 atom stereocenters. The van der Waals surface area contributed by atoms with Gasteiger partial charge in [-0.15, -0.1) is 0 Å². The van der Waals surface area contributed by atoms with Crippen LogP contribution in [0.1, 0.15) is 60.0 Å². The highest BCUT2D eigenvalue weighted by Crippen LogP contribution is 2.57. The smallest absolute Gasteiger partial charge is 0.352 e. The lowest BCUT2D eigenvalue weighted by Gasteiger charge is -2.60. The monoisotopic (exact) mass is 490 g/mol. The van der Waals surface area contributed by atoms with Crippen molar-refractivity contribution in [3.8, 4) is 0 Å². The summed E-state index contributed by atoms with van der Waals surface area (Å²) in [5, 5.41) is 15.8. The molecule has 4 bridgehead atoms. The van der Waals surface area contributed by atoms with Crippen molar-refractivity contribution in [2.45, 2.75) is 62.5 Å². The van der Waals surface area contributed by atoms with Crippen molar-refractivity contribution in [3.05, 3.63) is 64.7 Å². The SMILES string of the molecule is Cc1cc(NC(=O)c2ccc(F)c(C(F)(F)C(=O)NC34C[C@@H]5C[C@@H](CC(O)(C5)C3)C4)c2)ccc1F. The second kappa shape index (κ2) is 8.05. The van der Waals surface area contributed by atoms with Gasteiger partial charge in [0.05, 0.1) is 11.2 Å². The number of benzene rings is 2. The van der Waals surface area contributed by atoms with Crippen molar-refractivity contribution in [3.63, 3.8) is 0 Å². The first-order valence-corrected chi connectivity index (χ1v) is 11.7. The number of amides is 2. The van der Waals surface area contributed by atoms with Crippen LogP contribution in [0.5, 0.6) is 0 Å². The molecule has 0 heterocycles. The second-order valence-corrected chi connectivity index (χ2v) is 10.6. The molecule has 2 aromatic carbocycles. The molecule has 2 amide bonds. The van der Waals surface area contributed by atoms with Crippen LogP contribution in [-0.2, 0) is 10.7 Å². The van der Waals surface area contributed by atoms with Gasteiger partial charge < -0.3 is 15.7 Å². The first-order chi connectivity index (χ1) is 16.4. The molecule has 2 unspecified atom stereocenters. The van der Waals surface area contributed by atoms with E-state index in [-0.39, 0.29) is 35.1 Å². The van der Waals surface area contributed by atoms with Gasteiger partial charge in [0.1, 0.15) is 11.6 Å². The highest BCUT2D eigenvalue weighted by atomic mass is 19.3. The minimum Gasteiger partial charge on any atom is -0.390 e. The summed E-state index contributed by atoms with van der Waals surface area (Å²) < 4.78 is 58.5. The maximum Gasteiger partial charge on any atom is 0.352 e. The van der Waals surface area contributed by atoms with Gasteiger partial charge in [-0.25, -0.2) is 8.78 Å². The average molecular weight is 490 g/mol. The Morgan fingerprint density at radius 3 is 2.29 bits per heavy atom. The van der Waals surface area contributed by atoms with Crippen LogP contribution in [0, 0.1) is 30.4 Å². The molecule has 0 aliphatic heterocycles. The second-order valence-electron chi connectivity index (χ2n) is 10.6. The first kappa shape index (κ1) is 23.8. The van der Waals surface area contributed by atoms with Gasteiger partial charge in [0.25, 0.3) is 11.8 Å². The largest absolute Gasteiger partial charge is 0.390 e. The molecule has 35 heavy (non-hydrogen) atoms. The van der Waals surface area contributed by atoms with Crippen molar-refractivity contribution in [2.75, 3.05) is 5.32 Å². The lowest BCUT2D eigenvalue weighted by molar-refractivity contribution is -0.165. The van der Waals surface area contributed by atoms with Gasteiger partial charge in [0.15, 0.2) is 0 Å². The van der Waals surface area contributed by atoms with E-state index in [0.29, 0.717) is 31.7 Å². The predicted octanol–water partition coefficient (Wildman–Crippen LogP) is 4.82. The number of nitrogens with one attached hydrogen (secondary N) is 2. The molecular formula is C26H26F4N2O3. The summed E-state index contributed by atoms with van der Waals surface area (Å²) in [4.78, 5) is 25.4. The van der Waals surface area contributed by atoms with Crippen LogP contribution in [0.15, 0.2) is 36.4 Å². The number of hydrogen-bond acceptors (Lipinski definition) is 3. The number of aliphatic hydroxyl groups is 1. The number of rotatable bonds is 5. The quantitative estimate of drug-likeness (QED) is 0.526. The molecule has 4 aliphatic carbocycles. The van der Waals surface area contributed by atoms with Gasteiger partial charge in [-0.3, -0.25) is 9.59 Å². The lowest BCUT2D eigenvalue weighted by Crippen LogP contribution is -2.66. The van der Waals surface area contributed by atoms with E-state index in [4.69, 9.17) is 0 Å². The van der Waals surface area contributed by atoms with E-state index in [2.05, 4.69) is 10.6 Å². The minimum absolute atomic E-state index is 0.161. The summed E-state index contributed by atoms with van der Waals surface area (Å²) >= 11 is 0. The highest BCUT2D eigenvalue weighted by Gasteiger charge is 2.59. The Morgan fingerprint density at radius 1 is 1.00 bits per heavy atom. The fourth-order valence-corrected chi connectivity index (χ4v) is 6.63. The molecule has 6 rings (SSSR count). The molecule has 0 radical (unpaired) electrons. The van der Waals surface area contributed by atoms with Crippen molar-refractivity contribution in [2.24, 2.45) is 11.8 Å². The maximum absolute atomic E-state index is 15.3. The summed E-state index contributed by atoms with van der Waals surface area (Å²) in [6, 6.07) is 6.25. The number of halogens is 4. The third kappa shape index (κ3) is 4.30. The zero-order chi connectivity index (χ0) is 25.2. The van der Waals surface area contributed by atoms with E-state index in [0.717, 1.165) is 24.6 Å². The van der Waals surface area contributed by atoms with Crippen LogP contribution in [0.2, 0.25) is 0 Å². The molecule has 0 aromatic heterocycles. The molecule has 4 aliphatic rings. The molecule has 4 fully saturated rings. The Bertz CT molecular complexity index is 1200. The summed E-state index contributed by atoms with van der Waals surface area (Å²) in [6.07, 6.45) is 3.35. The topological polar surface area (TPSA) is 78.4 Å². The summed E-state index contributed by atoms with van der Waals surface area (Å²) in [5.41, 5.74) is -2.87. The van der Waals surface area contributed by atoms with Gasteiger partial charge in [-0.1, -0.05) is 0 Å². The Kier molecular flexibility index (Phi) is 5.47. The Hall–Kier alpha value is -2.94. The van der Waals surface area contributed by atoms with Gasteiger partial charge in [-0.05, 0) is 99.2 Å². The van der Waals surface area contributed by atoms with E-state index in [9.17, 15) is 23.5 Å². The molecule has 0 saturated heterocycles. The van der Waals surface area contributed by atoms with E-state index >= 15 is 8.78 Å². The summed E-state index contributed by atoms with van der Waals surface area (Å²) in [5.74, 6) is -8.15. The van der Waals surface area contributed by atoms with Gasteiger partial charge in [-0.2, -0.15) is 8.78 Å². The number of carbonyl (C=O) groups is 2. The van der Waals surface area contributed by atoms with Gasteiger partial charge in [0.2, 0.25) is 0 Å². The Morgan fingerprint density at radius 2 is 1.66 bits per heavy atom. The average Bonchev–Trinajstić information content (AvgIpc) is 2.74. The summed E-state index contributed by atoms with van der Waals surface area (Å²) in [6.45, 7) is 1.50. The normalized spacial score (nSPS) is 29.2. The Balaban J connectivity index is 1.37. The fourth-order valence-electron chi connectivity index (χ4n) is 6.63. The zero-order valence-corrected chi connectivity index (χ0v) is 19.1. The van der Waals surface area contributed by atoms with Crippen molar-refractivity contribution < 1.29 is 32.3 Å². The van der Waals surface area contributed by atoms with E-state index in [1.54, 1.807) is 0 Å². The van der Waals surface area contributed by atoms with Crippen molar-refractivity contribution in [1.29, 1.82) is 0 Å². The van der Waals surface area contributed by atoms with Gasteiger partial charge in [0, 0.05) is 16.8 Å². The van der Waals surface area contributed by atoms with Crippen LogP contribution >= 0.6 is 0 Å². The summed E-state index contributed by atoms with van der Waals surface area (Å²) in [7, 11) is 0. The van der Waals surface area contributed by atoms with Crippen LogP contribution in [0.4, 0.5) is 23.2 Å². The third-order valence-electron chi connectivity index (χ3n) is 7.68. The highest BCUT2D eigenvalue weighted by molar-refractivity contribution is 6.04. The minimum atomic E-state index is -4.24. The van der Waals surface area contributed by atoms with Crippen molar-refractivity contribution >= 4 is 17.5 Å². The zero-order valence-electron chi connectivity index (χ0n) is 19.1. The molecule has 3 N–H and O–H groups in total. The standard InChI is InChI=1S/C26H26F4N2O3/c1-14-6-18(3-5-20(14)27)31-22(33)17-2-4-21(28)19(8-17)26(29,30)23(34)32-24-9-15-7-16(10-24)12-25(35,11-15)13-24/h2-6,8,15-16,35H,7,9-13H2,1H3,(H,31,33)(H,32,34)/t15-,16+,24?,25?. The number of alkyl halides is 2. The fraction of sp³-hybridized carbons (Fsp3) is 0.462.